The van der Waals surface area contributed by atoms with Gasteiger partial charge in [0.15, 0.2) is 11.7 Å². The van der Waals surface area contributed by atoms with Crippen LogP contribution in [-0.4, -0.2) is 47.8 Å². The van der Waals surface area contributed by atoms with E-state index in [4.69, 9.17) is 15.0 Å². The Morgan fingerprint density at radius 3 is 2.67 bits per heavy atom. The maximum atomic E-state index is 11.7. The van der Waals surface area contributed by atoms with Gasteiger partial charge in [-0.1, -0.05) is 19.0 Å². The van der Waals surface area contributed by atoms with Gasteiger partial charge < -0.3 is 25.2 Å². The van der Waals surface area contributed by atoms with Crippen LogP contribution in [0.25, 0.3) is 0 Å². The van der Waals surface area contributed by atoms with E-state index in [1.807, 2.05) is 13.0 Å². The lowest BCUT2D eigenvalue weighted by Crippen LogP contribution is -2.48. The summed E-state index contributed by atoms with van der Waals surface area (Å²) in [5, 5.41) is 7.36. The number of amides is 1. The Hall–Kier alpha value is -1.52. The average molecular weight is 493 g/mol. The molecular formula is C18H32IN5O3. The molecule has 1 aliphatic rings. The largest absolute Gasteiger partial charge is 0.450 e. The van der Waals surface area contributed by atoms with Crippen LogP contribution in [-0.2, 0) is 11.3 Å². The highest BCUT2D eigenvalue weighted by Gasteiger charge is 2.23. The fourth-order valence-electron chi connectivity index (χ4n) is 3.14. The van der Waals surface area contributed by atoms with E-state index >= 15 is 0 Å². The van der Waals surface area contributed by atoms with Crippen molar-refractivity contribution in [2.75, 3.05) is 19.7 Å². The molecule has 154 valence electrons. The van der Waals surface area contributed by atoms with Crippen LogP contribution >= 0.6 is 24.0 Å². The molecule has 0 bridgehead atoms. The van der Waals surface area contributed by atoms with Crippen molar-refractivity contribution in [3.8, 4) is 0 Å². The Morgan fingerprint density at radius 2 is 2.07 bits per heavy atom. The molecule has 1 aliphatic heterocycles. The highest BCUT2D eigenvalue weighted by atomic mass is 127. The molecule has 2 rings (SSSR count). The van der Waals surface area contributed by atoms with Gasteiger partial charge in [-0.05, 0) is 32.6 Å². The third kappa shape index (κ3) is 7.19. The fourth-order valence-corrected chi connectivity index (χ4v) is 3.14. The number of rotatable bonds is 7. The first kappa shape index (κ1) is 23.5. The number of likely N-dealkylation sites (tertiary alicyclic amines) is 1. The van der Waals surface area contributed by atoms with Crippen molar-refractivity contribution < 1.29 is 14.1 Å². The van der Waals surface area contributed by atoms with Crippen LogP contribution in [0.3, 0.4) is 0 Å². The molecular weight excluding hydrogens is 461 g/mol. The van der Waals surface area contributed by atoms with Gasteiger partial charge >= 0.3 is 6.09 Å². The number of aromatic nitrogens is 1. The van der Waals surface area contributed by atoms with Gasteiger partial charge in [0.1, 0.15) is 6.54 Å². The monoisotopic (exact) mass is 493 g/mol. The Kier molecular flexibility index (Phi) is 10.5. The number of guanidine groups is 1. The van der Waals surface area contributed by atoms with E-state index in [1.165, 1.54) is 0 Å². The molecule has 1 amide bonds. The van der Waals surface area contributed by atoms with E-state index in [0.29, 0.717) is 43.9 Å². The van der Waals surface area contributed by atoms with Crippen molar-refractivity contribution in [1.82, 2.24) is 15.4 Å². The number of nitrogens with one attached hydrogen (secondary N) is 1. The van der Waals surface area contributed by atoms with E-state index in [-0.39, 0.29) is 36.1 Å². The highest BCUT2D eigenvalue weighted by molar-refractivity contribution is 14.0. The number of halogens is 1. The Balaban J connectivity index is 0.00000364. The molecule has 0 unspecified atom stereocenters. The minimum Gasteiger partial charge on any atom is -0.450 e. The third-order valence-electron chi connectivity index (χ3n) is 4.76. The van der Waals surface area contributed by atoms with E-state index in [0.717, 1.165) is 31.4 Å². The fraction of sp³-hybridized carbons (Fsp3) is 0.722. The molecule has 1 aromatic heterocycles. The molecule has 9 heteroatoms. The quantitative estimate of drug-likeness (QED) is 0.343. The van der Waals surface area contributed by atoms with Crippen LogP contribution in [0.5, 0.6) is 0 Å². The molecule has 1 fully saturated rings. The van der Waals surface area contributed by atoms with E-state index < -0.39 is 0 Å². The minimum atomic E-state index is -0.244. The van der Waals surface area contributed by atoms with Gasteiger partial charge in [-0.25, -0.2) is 9.79 Å². The summed E-state index contributed by atoms with van der Waals surface area (Å²) in [5.74, 6) is 1.53. The molecule has 0 aliphatic carbocycles. The molecule has 1 aromatic rings. The molecule has 3 N–H and O–H groups in total. The zero-order valence-electron chi connectivity index (χ0n) is 16.4. The molecule has 0 radical (unpaired) electrons. The van der Waals surface area contributed by atoms with Crippen molar-refractivity contribution in [2.24, 2.45) is 10.7 Å². The number of hydrogen-bond acceptors (Lipinski definition) is 5. The summed E-state index contributed by atoms with van der Waals surface area (Å²) in [5.41, 5.74) is 6.97. The molecule has 0 saturated carbocycles. The van der Waals surface area contributed by atoms with Crippen molar-refractivity contribution in [2.45, 2.75) is 65.0 Å². The number of nitrogens with two attached hydrogens (primary N) is 1. The average Bonchev–Trinajstić information content (AvgIpc) is 3.11. The van der Waals surface area contributed by atoms with Gasteiger partial charge in [0, 0.05) is 31.1 Å². The lowest BCUT2D eigenvalue weighted by Gasteiger charge is -2.31. The van der Waals surface area contributed by atoms with Crippen LogP contribution in [0.4, 0.5) is 4.79 Å². The number of nitrogens with zero attached hydrogens (tertiary/aromatic N) is 3. The van der Waals surface area contributed by atoms with E-state index in [1.54, 1.807) is 4.90 Å². The third-order valence-corrected chi connectivity index (χ3v) is 4.76. The molecule has 0 spiro atoms. The maximum absolute atomic E-state index is 11.7. The summed E-state index contributed by atoms with van der Waals surface area (Å²) in [4.78, 5) is 17.8. The van der Waals surface area contributed by atoms with Crippen molar-refractivity contribution in [3.63, 3.8) is 0 Å². The molecule has 2 heterocycles. The maximum Gasteiger partial charge on any atom is 0.409 e. The van der Waals surface area contributed by atoms with Crippen molar-refractivity contribution in [3.05, 3.63) is 17.5 Å². The van der Waals surface area contributed by atoms with Crippen molar-refractivity contribution in [1.29, 1.82) is 0 Å². The predicted octanol–water partition coefficient (Wildman–Crippen LogP) is 3.22. The number of aliphatic imine (C=N–C) groups is 1. The first-order valence-corrected chi connectivity index (χ1v) is 9.50. The van der Waals surface area contributed by atoms with Gasteiger partial charge in [-0.2, -0.15) is 0 Å². The standard InChI is InChI=1S/C18H31N5O3.HI/c1-4-13(5-2)16-11-15(26-22-16)12-20-17(19)21-14-7-9-23(10-8-14)18(24)25-6-3;/h11,13-14H,4-10,12H2,1-3H3,(H3,19,20,21);1H. The summed E-state index contributed by atoms with van der Waals surface area (Å²) in [7, 11) is 0. The highest BCUT2D eigenvalue weighted by Crippen LogP contribution is 2.22. The second-order valence-corrected chi connectivity index (χ2v) is 6.54. The first-order valence-electron chi connectivity index (χ1n) is 9.50. The summed E-state index contributed by atoms with van der Waals surface area (Å²) in [6.07, 6.45) is 3.47. The summed E-state index contributed by atoms with van der Waals surface area (Å²) >= 11 is 0. The second kappa shape index (κ2) is 12.0. The number of carbonyl (C=O) groups is 1. The number of carbonyl (C=O) groups excluding carboxylic acids is 1. The lowest BCUT2D eigenvalue weighted by molar-refractivity contribution is 0.0963. The zero-order valence-corrected chi connectivity index (χ0v) is 18.8. The minimum absolute atomic E-state index is 0. The Morgan fingerprint density at radius 1 is 1.41 bits per heavy atom. The molecule has 27 heavy (non-hydrogen) atoms. The van der Waals surface area contributed by atoms with Crippen LogP contribution in [0.1, 0.15) is 63.8 Å². The molecule has 0 atom stereocenters. The molecule has 0 aromatic carbocycles. The Labute approximate surface area is 178 Å². The van der Waals surface area contributed by atoms with Crippen LogP contribution in [0.2, 0.25) is 0 Å². The topological polar surface area (TPSA) is 106 Å². The van der Waals surface area contributed by atoms with E-state index in [9.17, 15) is 4.79 Å². The molecule has 8 nitrogen and oxygen atoms in total. The zero-order chi connectivity index (χ0) is 18.9. The van der Waals surface area contributed by atoms with Crippen LogP contribution in [0.15, 0.2) is 15.6 Å². The smallest absolute Gasteiger partial charge is 0.409 e. The summed E-state index contributed by atoms with van der Waals surface area (Å²) < 4.78 is 10.4. The second-order valence-electron chi connectivity index (χ2n) is 6.54. The Bertz CT molecular complexity index is 596. The van der Waals surface area contributed by atoms with Gasteiger partial charge in [-0.3, -0.25) is 0 Å². The molecule has 1 saturated heterocycles. The van der Waals surface area contributed by atoms with E-state index in [2.05, 4.69) is 29.3 Å². The predicted molar refractivity (Wildman–Crippen MR) is 115 cm³/mol. The normalized spacial score (nSPS) is 15.6. The number of hydrogen-bond donors (Lipinski definition) is 2. The van der Waals surface area contributed by atoms with Gasteiger partial charge in [0.25, 0.3) is 0 Å². The van der Waals surface area contributed by atoms with Crippen molar-refractivity contribution >= 4 is 36.0 Å². The summed E-state index contributed by atoms with van der Waals surface area (Å²) in [6.45, 7) is 8.19. The number of piperidine rings is 1. The number of ether oxygens (including phenoxy) is 1. The van der Waals surface area contributed by atoms with Gasteiger partial charge in [0.05, 0.1) is 12.3 Å². The SMILES string of the molecule is CCOC(=O)N1CCC(NC(N)=NCc2cc(C(CC)CC)no2)CC1.I. The van der Waals surface area contributed by atoms with Crippen LogP contribution < -0.4 is 11.1 Å². The van der Waals surface area contributed by atoms with Gasteiger partial charge in [0.2, 0.25) is 0 Å². The first-order chi connectivity index (χ1) is 12.6. The van der Waals surface area contributed by atoms with Gasteiger partial charge in [-0.15, -0.1) is 24.0 Å². The van der Waals surface area contributed by atoms with Crippen LogP contribution in [0, 0.1) is 0 Å². The lowest BCUT2D eigenvalue weighted by atomic mass is 9.99. The summed E-state index contributed by atoms with van der Waals surface area (Å²) in [6, 6.07) is 2.17.